The zero-order valence-corrected chi connectivity index (χ0v) is 6.39. The van der Waals surface area contributed by atoms with E-state index in [1.54, 1.807) is 0 Å². The molecule has 0 amide bonds. The van der Waals surface area contributed by atoms with E-state index in [9.17, 15) is 17.4 Å². The zero-order valence-electron chi connectivity index (χ0n) is 5.58. The maximum atomic E-state index is 11.8. The van der Waals surface area contributed by atoms with Crippen molar-refractivity contribution in [3.8, 4) is 0 Å². The van der Waals surface area contributed by atoms with E-state index in [1.165, 1.54) is 0 Å². The molecule has 3 nitrogen and oxygen atoms in total. The molecule has 1 heterocycles. The Morgan fingerprint density at radius 1 is 1.42 bits per heavy atom. The number of rotatable bonds is 1. The van der Waals surface area contributed by atoms with Crippen molar-refractivity contribution in [2.24, 2.45) is 0 Å². The molecule has 12 heavy (non-hydrogen) atoms. The lowest BCUT2D eigenvalue weighted by atomic mass is 10.7. The molecule has 1 rings (SSSR count). The standard InChI is InChI=1S/C5H3F3N2OS/c6-5(7,8)12(11)4-1-2-9-3-10-4/h1-3H. The zero-order chi connectivity index (χ0) is 9.19. The summed E-state index contributed by atoms with van der Waals surface area (Å²) in [4.78, 5) is 6.61. The van der Waals surface area contributed by atoms with E-state index in [0.717, 1.165) is 18.6 Å². The Hall–Kier alpha value is -0.980. The molecule has 1 aromatic rings. The fourth-order valence-corrected chi connectivity index (χ4v) is 1.07. The number of alkyl halides is 3. The fraction of sp³-hybridized carbons (Fsp3) is 0.200. The average Bonchev–Trinajstić information content (AvgIpc) is 2.03. The van der Waals surface area contributed by atoms with Crippen LogP contribution in [-0.2, 0) is 10.8 Å². The van der Waals surface area contributed by atoms with Gasteiger partial charge < -0.3 is 0 Å². The van der Waals surface area contributed by atoms with Crippen molar-refractivity contribution in [2.75, 3.05) is 0 Å². The summed E-state index contributed by atoms with van der Waals surface area (Å²) < 4.78 is 45.9. The van der Waals surface area contributed by atoms with Gasteiger partial charge in [-0.1, -0.05) is 0 Å². The van der Waals surface area contributed by atoms with Crippen LogP contribution in [0.4, 0.5) is 13.2 Å². The molecule has 1 unspecified atom stereocenters. The van der Waals surface area contributed by atoms with Gasteiger partial charge in [-0.2, -0.15) is 13.2 Å². The quantitative estimate of drug-likeness (QED) is 0.632. The largest absolute Gasteiger partial charge is 0.477 e. The number of hydrogen-bond donors (Lipinski definition) is 0. The Labute approximate surface area is 68.1 Å². The molecule has 1 atom stereocenters. The molecule has 66 valence electrons. The van der Waals surface area contributed by atoms with Gasteiger partial charge in [0.1, 0.15) is 11.4 Å². The van der Waals surface area contributed by atoms with Crippen LogP contribution in [0.15, 0.2) is 23.6 Å². The predicted octanol–water partition coefficient (Wildman–Crippen LogP) is 1.10. The minimum Gasteiger partial charge on any atom is -0.245 e. The summed E-state index contributed by atoms with van der Waals surface area (Å²) in [5.74, 6) is 0. The van der Waals surface area contributed by atoms with Crippen LogP contribution >= 0.6 is 0 Å². The molecular weight excluding hydrogens is 193 g/mol. The molecule has 0 radical (unpaired) electrons. The van der Waals surface area contributed by atoms with Gasteiger partial charge in [0, 0.05) is 6.20 Å². The van der Waals surface area contributed by atoms with Crippen LogP contribution in [0.2, 0.25) is 0 Å². The fourth-order valence-electron chi connectivity index (χ4n) is 0.507. The highest BCUT2D eigenvalue weighted by molar-refractivity contribution is 7.85. The van der Waals surface area contributed by atoms with E-state index in [4.69, 9.17) is 0 Å². The topological polar surface area (TPSA) is 42.9 Å². The molecule has 0 aliphatic heterocycles. The van der Waals surface area contributed by atoms with Crippen molar-refractivity contribution in [3.05, 3.63) is 18.6 Å². The van der Waals surface area contributed by atoms with E-state index in [0.29, 0.717) is 0 Å². The molecule has 0 spiro atoms. The lowest BCUT2D eigenvalue weighted by molar-refractivity contribution is -0.0386. The molecule has 0 aliphatic carbocycles. The summed E-state index contributed by atoms with van der Waals surface area (Å²) in [7, 11) is -3.05. The molecule has 0 N–H and O–H groups in total. The first kappa shape index (κ1) is 9.11. The Bertz CT molecular complexity index is 286. The molecule has 0 saturated carbocycles. The van der Waals surface area contributed by atoms with Gasteiger partial charge in [0.25, 0.3) is 0 Å². The van der Waals surface area contributed by atoms with Crippen LogP contribution in [0.1, 0.15) is 0 Å². The highest BCUT2D eigenvalue weighted by Crippen LogP contribution is 2.24. The van der Waals surface area contributed by atoms with Gasteiger partial charge in [0.2, 0.25) is 0 Å². The number of halogens is 3. The highest BCUT2D eigenvalue weighted by atomic mass is 32.2. The Morgan fingerprint density at radius 3 is 2.50 bits per heavy atom. The van der Waals surface area contributed by atoms with Crippen molar-refractivity contribution in [1.29, 1.82) is 0 Å². The van der Waals surface area contributed by atoms with Gasteiger partial charge in [-0.05, 0) is 6.07 Å². The number of hydrogen-bond acceptors (Lipinski definition) is 3. The van der Waals surface area contributed by atoms with Gasteiger partial charge in [0.15, 0.2) is 10.8 Å². The molecule has 1 aromatic heterocycles. The Kier molecular flexibility index (Phi) is 2.41. The van der Waals surface area contributed by atoms with E-state index < -0.39 is 21.3 Å². The van der Waals surface area contributed by atoms with Crippen LogP contribution in [0, 0.1) is 0 Å². The first-order chi connectivity index (χ1) is 5.52. The maximum absolute atomic E-state index is 11.8. The third-order valence-corrected chi connectivity index (χ3v) is 2.00. The summed E-state index contributed by atoms with van der Waals surface area (Å²) in [5, 5.41) is -0.530. The molecule has 7 heteroatoms. The molecule has 0 aliphatic rings. The maximum Gasteiger partial charge on any atom is 0.477 e. The lowest BCUT2D eigenvalue weighted by Gasteiger charge is -2.03. The second-order valence-corrected chi connectivity index (χ2v) is 3.18. The van der Waals surface area contributed by atoms with Crippen molar-refractivity contribution in [1.82, 2.24) is 9.97 Å². The monoisotopic (exact) mass is 196 g/mol. The summed E-state index contributed by atoms with van der Waals surface area (Å²) >= 11 is 0. The molecule has 0 bridgehead atoms. The second kappa shape index (κ2) is 3.18. The summed E-state index contributed by atoms with van der Waals surface area (Å²) in [6, 6.07) is 0.962. The van der Waals surface area contributed by atoms with Crippen molar-refractivity contribution in [3.63, 3.8) is 0 Å². The van der Waals surface area contributed by atoms with Gasteiger partial charge in [0.05, 0.1) is 0 Å². The summed E-state index contributed by atoms with van der Waals surface area (Å²) in [6.45, 7) is 0. The molecule has 0 aromatic carbocycles. The Morgan fingerprint density at radius 2 is 2.08 bits per heavy atom. The van der Waals surface area contributed by atoms with Crippen LogP contribution in [-0.4, -0.2) is 19.7 Å². The smallest absolute Gasteiger partial charge is 0.245 e. The summed E-state index contributed by atoms with van der Waals surface area (Å²) in [5.41, 5.74) is -4.76. The molecular formula is C5H3F3N2OS. The molecule has 0 saturated heterocycles. The molecule has 0 fully saturated rings. The minimum atomic E-state index is -4.76. The first-order valence-electron chi connectivity index (χ1n) is 2.76. The van der Waals surface area contributed by atoms with E-state index in [2.05, 4.69) is 9.97 Å². The van der Waals surface area contributed by atoms with Gasteiger partial charge in [-0.25, -0.2) is 14.2 Å². The van der Waals surface area contributed by atoms with Crippen LogP contribution in [0.25, 0.3) is 0 Å². The second-order valence-electron chi connectivity index (χ2n) is 1.76. The third kappa shape index (κ3) is 2.00. The van der Waals surface area contributed by atoms with Crippen molar-refractivity contribution in [2.45, 2.75) is 10.5 Å². The SMILES string of the molecule is O=S(c1ccncn1)C(F)(F)F. The van der Waals surface area contributed by atoms with Crippen LogP contribution < -0.4 is 0 Å². The van der Waals surface area contributed by atoms with Gasteiger partial charge in [-0.3, -0.25) is 0 Å². The van der Waals surface area contributed by atoms with E-state index in [-0.39, 0.29) is 0 Å². The third-order valence-electron chi connectivity index (χ3n) is 0.955. The first-order valence-corrected chi connectivity index (χ1v) is 3.91. The average molecular weight is 196 g/mol. The number of aromatic nitrogens is 2. The number of nitrogens with zero attached hydrogens (tertiary/aromatic N) is 2. The van der Waals surface area contributed by atoms with Crippen LogP contribution in [0.5, 0.6) is 0 Å². The predicted molar refractivity (Wildman–Crippen MR) is 34.5 cm³/mol. The highest BCUT2D eigenvalue weighted by Gasteiger charge is 2.38. The van der Waals surface area contributed by atoms with Crippen molar-refractivity contribution >= 4 is 10.8 Å². The van der Waals surface area contributed by atoms with E-state index >= 15 is 0 Å². The van der Waals surface area contributed by atoms with E-state index in [1.807, 2.05) is 0 Å². The summed E-state index contributed by atoms with van der Waals surface area (Å²) in [6.07, 6.45) is 2.02. The lowest BCUT2D eigenvalue weighted by Crippen LogP contribution is -2.17. The van der Waals surface area contributed by atoms with Crippen molar-refractivity contribution < 1.29 is 17.4 Å². The van der Waals surface area contributed by atoms with Gasteiger partial charge >= 0.3 is 5.51 Å². The normalized spacial score (nSPS) is 14.2. The van der Waals surface area contributed by atoms with Gasteiger partial charge in [-0.15, -0.1) is 0 Å². The Balaban J connectivity index is 2.94. The van der Waals surface area contributed by atoms with Crippen LogP contribution in [0.3, 0.4) is 0 Å². The minimum absolute atomic E-state index is 0.530.